The van der Waals surface area contributed by atoms with Crippen LogP contribution in [0.1, 0.15) is 31.0 Å². The number of hydrogen-bond acceptors (Lipinski definition) is 5. The van der Waals surface area contributed by atoms with Gasteiger partial charge in [-0.1, -0.05) is 55.5 Å². The Morgan fingerprint density at radius 1 is 0.853 bits per heavy atom. The second-order valence-corrected chi connectivity index (χ2v) is 11.8. The highest BCUT2D eigenvalue weighted by molar-refractivity contribution is 7.93. The van der Waals surface area contributed by atoms with Crippen molar-refractivity contribution in [2.45, 2.75) is 36.1 Å². The Balaban J connectivity index is 1.88. The summed E-state index contributed by atoms with van der Waals surface area (Å²) in [6, 6.07) is 20.9. The molecule has 1 atom stereocenters. The van der Waals surface area contributed by atoms with Crippen LogP contribution in [0.3, 0.4) is 0 Å². The summed E-state index contributed by atoms with van der Waals surface area (Å²) >= 11 is 0. The Kier molecular flexibility index (Phi) is 7.78. The van der Waals surface area contributed by atoms with Crippen LogP contribution < -0.4 is 9.62 Å². The molecule has 0 saturated heterocycles. The van der Waals surface area contributed by atoms with Crippen molar-refractivity contribution in [3.63, 3.8) is 0 Å². The lowest BCUT2D eigenvalue weighted by atomic mass is 10.1. The average molecular weight is 501 g/mol. The van der Waals surface area contributed by atoms with Crippen molar-refractivity contribution in [2.24, 2.45) is 0 Å². The van der Waals surface area contributed by atoms with Gasteiger partial charge in [0.1, 0.15) is 6.54 Å². The molecule has 34 heavy (non-hydrogen) atoms. The predicted octanol–water partition coefficient (Wildman–Crippen LogP) is 3.73. The van der Waals surface area contributed by atoms with Crippen molar-refractivity contribution in [1.29, 1.82) is 0 Å². The first-order chi connectivity index (χ1) is 16.0. The molecule has 3 rings (SSSR count). The van der Waals surface area contributed by atoms with E-state index in [2.05, 4.69) is 5.32 Å². The van der Waals surface area contributed by atoms with Gasteiger partial charge in [0.05, 0.1) is 21.5 Å². The normalized spacial score (nSPS) is 12.7. The van der Waals surface area contributed by atoms with Crippen LogP contribution >= 0.6 is 0 Å². The van der Waals surface area contributed by atoms with Gasteiger partial charge in [-0.05, 0) is 54.8 Å². The van der Waals surface area contributed by atoms with E-state index in [1.54, 1.807) is 49.4 Å². The van der Waals surface area contributed by atoms with Crippen LogP contribution in [0.15, 0.2) is 88.7 Å². The highest BCUT2D eigenvalue weighted by Crippen LogP contribution is 2.27. The highest BCUT2D eigenvalue weighted by Gasteiger charge is 2.28. The molecule has 3 aromatic carbocycles. The second kappa shape index (κ2) is 10.4. The lowest BCUT2D eigenvalue weighted by molar-refractivity contribution is -0.120. The van der Waals surface area contributed by atoms with Crippen LogP contribution in [-0.4, -0.2) is 35.5 Å². The molecule has 0 aromatic heterocycles. The summed E-state index contributed by atoms with van der Waals surface area (Å²) in [5, 5.41) is 2.82. The van der Waals surface area contributed by atoms with E-state index in [0.29, 0.717) is 17.7 Å². The number of benzene rings is 3. The Morgan fingerprint density at radius 2 is 1.44 bits per heavy atom. The number of carbonyl (C=O) groups excluding carboxylic acids is 1. The Labute approximate surface area is 201 Å². The number of hydrogen-bond donors (Lipinski definition) is 1. The largest absolute Gasteiger partial charge is 0.348 e. The van der Waals surface area contributed by atoms with Gasteiger partial charge < -0.3 is 5.32 Å². The summed E-state index contributed by atoms with van der Waals surface area (Å²) in [7, 11) is -7.32. The molecule has 0 aliphatic rings. The number of sulfonamides is 1. The molecule has 0 spiro atoms. The molecular weight excluding hydrogens is 472 g/mol. The lowest BCUT2D eigenvalue weighted by Crippen LogP contribution is -2.42. The molecule has 1 N–H and O–H groups in total. The van der Waals surface area contributed by atoms with Crippen LogP contribution in [0.5, 0.6) is 0 Å². The maximum Gasteiger partial charge on any atom is 0.264 e. The molecule has 0 radical (unpaired) electrons. The van der Waals surface area contributed by atoms with E-state index in [1.165, 1.54) is 24.3 Å². The van der Waals surface area contributed by atoms with Crippen LogP contribution in [0.4, 0.5) is 5.69 Å². The highest BCUT2D eigenvalue weighted by atomic mass is 32.2. The minimum Gasteiger partial charge on any atom is -0.348 e. The van der Waals surface area contributed by atoms with Gasteiger partial charge in [-0.25, -0.2) is 16.8 Å². The van der Waals surface area contributed by atoms with Crippen molar-refractivity contribution < 1.29 is 21.6 Å². The van der Waals surface area contributed by atoms with Crippen molar-refractivity contribution in [2.75, 3.05) is 17.1 Å². The molecule has 0 aliphatic carbocycles. The van der Waals surface area contributed by atoms with Gasteiger partial charge in [0.25, 0.3) is 10.0 Å². The molecule has 0 fully saturated rings. The maximum atomic E-state index is 13.5. The number of sulfone groups is 1. The van der Waals surface area contributed by atoms with E-state index in [-0.39, 0.29) is 9.79 Å². The maximum absolute atomic E-state index is 13.5. The number of carbonyl (C=O) groups is 1. The Hall–Kier alpha value is -3.17. The van der Waals surface area contributed by atoms with Crippen LogP contribution in [-0.2, 0) is 31.1 Å². The molecular formula is C25H28N2O5S2. The first-order valence-corrected chi connectivity index (χ1v) is 14.1. The molecule has 0 saturated carbocycles. The van der Waals surface area contributed by atoms with Gasteiger partial charge in [0.15, 0.2) is 9.84 Å². The van der Waals surface area contributed by atoms with Gasteiger partial charge in [-0.2, -0.15) is 0 Å². The van der Waals surface area contributed by atoms with Gasteiger partial charge in [-0.15, -0.1) is 0 Å². The quantitative estimate of drug-likeness (QED) is 0.483. The summed E-state index contributed by atoms with van der Waals surface area (Å²) in [6.07, 6.45) is 1.73. The van der Waals surface area contributed by atoms with Crippen LogP contribution in [0.2, 0.25) is 0 Å². The molecule has 7 nitrogen and oxygen atoms in total. The third-order valence-corrected chi connectivity index (χ3v) is 8.35. The molecule has 3 aromatic rings. The summed E-state index contributed by atoms with van der Waals surface area (Å²) < 4.78 is 51.5. The zero-order valence-corrected chi connectivity index (χ0v) is 20.9. The number of rotatable bonds is 9. The zero-order valence-electron chi connectivity index (χ0n) is 19.3. The smallest absolute Gasteiger partial charge is 0.264 e. The van der Waals surface area contributed by atoms with E-state index in [9.17, 15) is 21.6 Å². The number of nitrogens with one attached hydrogen (secondary N) is 1. The van der Waals surface area contributed by atoms with Gasteiger partial charge in [0.2, 0.25) is 5.91 Å². The first kappa shape index (κ1) is 25.5. The van der Waals surface area contributed by atoms with E-state index in [1.807, 2.05) is 19.1 Å². The molecule has 180 valence electrons. The summed E-state index contributed by atoms with van der Waals surface area (Å²) in [4.78, 5) is 13.3. The summed E-state index contributed by atoms with van der Waals surface area (Å²) in [5.41, 5.74) is 1.96. The molecule has 0 aliphatic heterocycles. The minimum absolute atomic E-state index is 0.0955. The lowest BCUT2D eigenvalue weighted by Gasteiger charge is -2.27. The topological polar surface area (TPSA) is 101 Å². The van der Waals surface area contributed by atoms with Crippen LogP contribution in [0, 0.1) is 0 Å². The summed E-state index contributed by atoms with van der Waals surface area (Å²) in [5.74, 6) is -0.481. The van der Waals surface area contributed by atoms with E-state index in [0.717, 1.165) is 16.1 Å². The molecule has 0 bridgehead atoms. The molecule has 0 heterocycles. The Morgan fingerprint density at radius 3 is 2.03 bits per heavy atom. The van der Waals surface area contributed by atoms with Gasteiger partial charge in [-0.3, -0.25) is 9.10 Å². The standard InChI is InChI=1S/C25H28N2O5S2/c1-4-20-10-8-9-13-24(20)27(34(31,32)23-11-6-5-7-12-23)18-25(28)26-19(2)21-14-16-22(17-15-21)33(3,29)30/h5-17,19H,4,18H2,1-3H3,(H,26,28)/t19-/m0/s1. The van der Waals surface area contributed by atoms with Crippen molar-refractivity contribution in [3.05, 3.63) is 90.0 Å². The van der Waals surface area contributed by atoms with Crippen molar-refractivity contribution >= 4 is 31.5 Å². The van der Waals surface area contributed by atoms with Gasteiger partial charge >= 0.3 is 0 Å². The number of aryl methyl sites for hydroxylation is 1. The third kappa shape index (κ3) is 5.84. The SMILES string of the molecule is CCc1ccccc1N(CC(=O)N[C@@H](C)c1ccc(S(C)(=O)=O)cc1)S(=O)(=O)c1ccccc1. The van der Waals surface area contributed by atoms with E-state index < -0.39 is 38.4 Å². The van der Waals surface area contributed by atoms with E-state index in [4.69, 9.17) is 0 Å². The number of anilines is 1. The number of amides is 1. The first-order valence-electron chi connectivity index (χ1n) is 10.8. The fourth-order valence-corrected chi connectivity index (χ4v) is 5.69. The predicted molar refractivity (Wildman–Crippen MR) is 133 cm³/mol. The monoisotopic (exact) mass is 500 g/mol. The fraction of sp³-hybridized carbons (Fsp3) is 0.240. The van der Waals surface area contributed by atoms with Crippen LogP contribution in [0.25, 0.3) is 0 Å². The number of para-hydroxylation sites is 1. The second-order valence-electron chi connectivity index (χ2n) is 7.94. The van der Waals surface area contributed by atoms with Gasteiger partial charge in [0, 0.05) is 6.26 Å². The van der Waals surface area contributed by atoms with E-state index >= 15 is 0 Å². The molecule has 0 unspecified atom stereocenters. The average Bonchev–Trinajstić information content (AvgIpc) is 2.82. The zero-order chi connectivity index (χ0) is 24.9. The number of nitrogens with zero attached hydrogens (tertiary/aromatic N) is 1. The van der Waals surface area contributed by atoms with Crippen molar-refractivity contribution in [3.8, 4) is 0 Å². The minimum atomic E-state index is -4.00. The Bertz CT molecular complexity index is 1350. The fourth-order valence-electron chi connectivity index (χ4n) is 3.58. The van der Waals surface area contributed by atoms with Crippen molar-refractivity contribution in [1.82, 2.24) is 5.32 Å². The summed E-state index contributed by atoms with van der Waals surface area (Å²) in [6.45, 7) is 3.28. The third-order valence-electron chi connectivity index (χ3n) is 5.45. The molecule has 1 amide bonds. The molecule has 9 heteroatoms.